The number of carbonyl (C=O) groups is 1. The maximum atomic E-state index is 13.2. The van der Waals surface area contributed by atoms with Gasteiger partial charge in [0.1, 0.15) is 0 Å². The van der Waals surface area contributed by atoms with Crippen LogP contribution in [0.15, 0.2) is 42.7 Å². The first kappa shape index (κ1) is 21.6. The third-order valence-electron chi connectivity index (χ3n) is 4.88. The number of nitrogens with one attached hydrogen (secondary N) is 1. The minimum atomic E-state index is -0.257. The topological polar surface area (TPSA) is 58.8 Å². The Morgan fingerprint density at radius 2 is 1.97 bits per heavy atom. The highest BCUT2D eigenvalue weighted by atomic mass is 35.5. The Bertz CT molecular complexity index is 1140. The lowest BCUT2D eigenvalue weighted by Gasteiger charge is -2.28. The third-order valence-corrected chi connectivity index (χ3v) is 6.67. The molecule has 31 heavy (non-hydrogen) atoms. The van der Waals surface area contributed by atoms with Gasteiger partial charge in [-0.05, 0) is 35.4 Å². The molecule has 3 aromatic rings. The van der Waals surface area contributed by atoms with Gasteiger partial charge in [-0.25, -0.2) is 4.85 Å². The lowest BCUT2D eigenvalue weighted by atomic mass is 10.0. The van der Waals surface area contributed by atoms with Crippen molar-refractivity contribution in [3.63, 3.8) is 0 Å². The molecule has 4 rings (SSSR count). The van der Waals surface area contributed by atoms with Crippen molar-refractivity contribution in [2.45, 2.75) is 6.54 Å². The highest BCUT2D eigenvalue weighted by molar-refractivity contribution is 7.19. The van der Waals surface area contributed by atoms with Crippen LogP contribution in [0.4, 0.5) is 10.7 Å². The summed E-state index contributed by atoms with van der Waals surface area (Å²) < 4.78 is 5.45. The predicted octanol–water partition coefficient (Wildman–Crippen LogP) is 5.43. The Morgan fingerprint density at radius 1 is 1.23 bits per heavy atom. The number of rotatable bonds is 5. The highest BCUT2D eigenvalue weighted by Gasteiger charge is 2.29. The van der Waals surface area contributed by atoms with Crippen molar-refractivity contribution >= 4 is 51.1 Å². The number of aromatic nitrogens is 1. The molecule has 1 N–H and O–H groups in total. The summed E-state index contributed by atoms with van der Waals surface area (Å²) in [5.74, 6) is -0.257. The summed E-state index contributed by atoms with van der Waals surface area (Å²) >= 11 is 13.9. The van der Waals surface area contributed by atoms with Gasteiger partial charge in [0.2, 0.25) is 5.69 Å². The molecule has 1 aliphatic heterocycles. The molecule has 0 aliphatic carbocycles. The van der Waals surface area contributed by atoms with Crippen LogP contribution in [0.25, 0.3) is 16.0 Å². The molecule has 1 aliphatic rings. The van der Waals surface area contributed by atoms with Gasteiger partial charge in [-0.15, -0.1) is 11.3 Å². The van der Waals surface area contributed by atoms with Crippen molar-refractivity contribution in [2.24, 2.45) is 0 Å². The molecule has 9 heteroatoms. The van der Waals surface area contributed by atoms with Gasteiger partial charge in [0, 0.05) is 47.6 Å². The summed E-state index contributed by atoms with van der Waals surface area (Å²) in [5.41, 5.74) is 2.51. The van der Waals surface area contributed by atoms with Crippen LogP contribution in [-0.2, 0) is 11.3 Å². The Labute approximate surface area is 194 Å². The number of anilines is 1. The Balaban J connectivity index is 1.77. The number of nitrogens with zero attached hydrogens (tertiary/aromatic N) is 3. The molecular weight excluding hydrogens is 455 g/mol. The second kappa shape index (κ2) is 9.67. The molecule has 0 spiro atoms. The van der Waals surface area contributed by atoms with Crippen molar-refractivity contribution in [3.05, 3.63) is 74.6 Å². The number of carbonyl (C=O) groups excluding carboxylic acids is 1. The van der Waals surface area contributed by atoms with E-state index in [4.69, 9.17) is 34.5 Å². The SMILES string of the molecule is [C-]#[N+]c1c(N2CCOCC2)sc(C(=O)NCc2ccncc2)c1-c1ccc(Cl)cc1Cl. The van der Waals surface area contributed by atoms with Gasteiger partial charge in [-0.3, -0.25) is 9.78 Å². The Hall–Kier alpha value is -2.63. The largest absolute Gasteiger partial charge is 0.378 e. The molecule has 158 valence electrons. The Kier molecular flexibility index (Phi) is 6.73. The van der Waals surface area contributed by atoms with Crippen LogP contribution in [0.1, 0.15) is 15.2 Å². The second-order valence-electron chi connectivity index (χ2n) is 6.83. The predicted molar refractivity (Wildman–Crippen MR) is 124 cm³/mol. The molecule has 0 bridgehead atoms. The van der Waals surface area contributed by atoms with Crippen LogP contribution < -0.4 is 10.2 Å². The first-order valence-corrected chi connectivity index (χ1v) is 11.1. The quantitative estimate of drug-likeness (QED) is 0.502. The van der Waals surface area contributed by atoms with E-state index in [1.165, 1.54) is 11.3 Å². The van der Waals surface area contributed by atoms with E-state index in [1.54, 1.807) is 30.6 Å². The molecule has 1 saturated heterocycles. The molecule has 6 nitrogen and oxygen atoms in total. The number of morpholine rings is 1. The van der Waals surface area contributed by atoms with E-state index in [1.807, 2.05) is 12.1 Å². The number of ether oxygens (including phenoxy) is 1. The van der Waals surface area contributed by atoms with E-state index < -0.39 is 0 Å². The third kappa shape index (κ3) is 4.68. The fourth-order valence-electron chi connectivity index (χ4n) is 3.36. The lowest BCUT2D eigenvalue weighted by molar-refractivity contribution is 0.0955. The molecule has 1 amide bonds. The molecule has 1 fully saturated rings. The normalized spacial score (nSPS) is 13.6. The highest BCUT2D eigenvalue weighted by Crippen LogP contribution is 2.50. The van der Waals surface area contributed by atoms with E-state index in [9.17, 15) is 4.79 Å². The van der Waals surface area contributed by atoms with Gasteiger partial charge >= 0.3 is 0 Å². The summed E-state index contributed by atoms with van der Waals surface area (Å²) in [6, 6.07) is 8.77. The smallest absolute Gasteiger partial charge is 0.260 e. The molecule has 3 heterocycles. The molecule has 0 saturated carbocycles. The minimum Gasteiger partial charge on any atom is -0.378 e. The average molecular weight is 473 g/mol. The summed E-state index contributed by atoms with van der Waals surface area (Å²) in [4.78, 5) is 23.6. The van der Waals surface area contributed by atoms with Crippen LogP contribution in [0, 0.1) is 6.57 Å². The number of pyridine rings is 1. The maximum absolute atomic E-state index is 13.2. The molecule has 1 aromatic carbocycles. The van der Waals surface area contributed by atoms with E-state index in [2.05, 4.69) is 20.0 Å². The number of halogens is 2. The van der Waals surface area contributed by atoms with Crippen molar-refractivity contribution in [2.75, 3.05) is 31.2 Å². The summed E-state index contributed by atoms with van der Waals surface area (Å²) in [6.45, 7) is 10.7. The van der Waals surface area contributed by atoms with Crippen molar-refractivity contribution in [3.8, 4) is 11.1 Å². The van der Waals surface area contributed by atoms with Crippen LogP contribution >= 0.6 is 34.5 Å². The van der Waals surface area contributed by atoms with Gasteiger partial charge < -0.3 is 15.0 Å². The fourth-order valence-corrected chi connectivity index (χ4v) is 5.09. The van der Waals surface area contributed by atoms with Gasteiger partial charge in [-0.1, -0.05) is 29.3 Å². The van der Waals surface area contributed by atoms with Crippen LogP contribution in [0.2, 0.25) is 10.0 Å². The molecule has 0 radical (unpaired) electrons. The van der Waals surface area contributed by atoms with Crippen LogP contribution in [0.3, 0.4) is 0 Å². The first-order valence-electron chi connectivity index (χ1n) is 9.58. The van der Waals surface area contributed by atoms with Gasteiger partial charge in [0.05, 0.1) is 29.7 Å². The summed E-state index contributed by atoms with van der Waals surface area (Å²) in [5, 5.41) is 4.60. The fraction of sp³-hybridized carbons (Fsp3) is 0.227. The van der Waals surface area contributed by atoms with Crippen molar-refractivity contribution in [1.82, 2.24) is 10.3 Å². The van der Waals surface area contributed by atoms with Crippen molar-refractivity contribution in [1.29, 1.82) is 0 Å². The number of hydrogen-bond acceptors (Lipinski definition) is 5. The summed E-state index contributed by atoms with van der Waals surface area (Å²) in [6.07, 6.45) is 3.36. The van der Waals surface area contributed by atoms with Gasteiger partial charge in [0.25, 0.3) is 5.91 Å². The molecular formula is C22H18Cl2N4O2S. The average Bonchev–Trinajstić information content (AvgIpc) is 3.18. The molecule has 0 atom stereocenters. The van der Waals surface area contributed by atoms with E-state index in [0.29, 0.717) is 64.6 Å². The standard InChI is InChI=1S/C22H18Cl2N4O2S/c1-25-19-18(16-3-2-15(23)12-17(16)24)20(31-22(19)28-8-10-30-11-9-28)21(29)27-13-14-4-6-26-7-5-14/h2-7,12H,8-11,13H2,(H,27,29). The Morgan fingerprint density at radius 3 is 2.65 bits per heavy atom. The van der Waals surface area contributed by atoms with Crippen molar-refractivity contribution < 1.29 is 9.53 Å². The van der Waals surface area contributed by atoms with Gasteiger partial charge in [0.15, 0.2) is 0 Å². The zero-order valence-electron chi connectivity index (χ0n) is 16.4. The first-order chi connectivity index (χ1) is 15.1. The number of amides is 1. The van der Waals surface area contributed by atoms with Crippen LogP contribution in [0.5, 0.6) is 0 Å². The zero-order chi connectivity index (χ0) is 21.8. The van der Waals surface area contributed by atoms with E-state index >= 15 is 0 Å². The number of thiophene rings is 1. The summed E-state index contributed by atoms with van der Waals surface area (Å²) in [7, 11) is 0. The van der Waals surface area contributed by atoms with E-state index in [0.717, 1.165) is 10.6 Å². The lowest BCUT2D eigenvalue weighted by Crippen LogP contribution is -2.35. The maximum Gasteiger partial charge on any atom is 0.260 e. The number of hydrogen-bond donors (Lipinski definition) is 1. The van der Waals surface area contributed by atoms with Gasteiger partial charge in [-0.2, -0.15) is 0 Å². The zero-order valence-corrected chi connectivity index (χ0v) is 18.7. The minimum absolute atomic E-state index is 0.257. The monoisotopic (exact) mass is 472 g/mol. The van der Waals surface area contributed by atoms with Crippen LogP contribution in [-0.4, -0.2) is 37.2 Å². The second-order valence-corrected chi connectivity index (χ2v) is 8.68. The molecule has 2 aromatic heterocycles. The van der Waals surface area contributed by atoms with E-state index in [-0.39, 0.29) is 5.91 Å². The number of benzene rings is 1. The molecule has 0 unspecified atom stereocenters.